The Morgan fingerprint density at radius 1 is 1.07 bits per heavy atom. The average molecular weight is 394 g/mol. The van der Waals surface area contributed by atoms with E-state index in [9.17, 15) is 9.59 Å². The van der Waals surface area contributed by atoms with E-state index in [0.29, 0.717) is 17.8 Å². The Morgan fingerprint density at radius 3 is 2.52 bits per heavy atom. The lowest BCUT2D eigenvalue weighted by Crippen LogP contribution is -2.39. The van der Waals surface area contributed by atoms with Crippen molar-refractivity contribution in [3.8, 4) is 0 Å². The van der Waals surface area contributed by atoms with Gasteiger partial charge in [0.05, 0.1) is 6.04 Å². The molecule has 0 aliphatic carbocycles. The number of piperidine rings is 1. The summed E-state index contributed by atoms with van der Waals surface area (Å²) in [5, 5.41) is 2.94. The van der Waals surface area contributed by atoms with Gasteiger partial charge in [-0.05, 0) is 63.9 Å². The fourth-order valence-electron chi connectivity index (χ4n) is 3.76. The second-order valence-electron chi connectivity index (χ2n) is 7.89. The van der Waals surface area contributed by atoms with Crippen LogP contribution in [0.15, 0.2) is 48.5 Å². The number of amides is 1. The van der Waals surface area contributed by atoms with Gasteiger partial charge >= 0.3 is 0 Å². The van der Waals surface area contributed by atoms with Gasteiger partial charge in [-0.15, -0.1) is 0 Å². The Bertz CT molecular complexity index is 859. The van der Waals surface area contributed by atoms with Gasteiger partial charge in [-0.1, -0.05) is 30.3 Å². The van der Waals surface area contributed by atoms with E-state index in [2.05, 4.69) is 39.4 Å². The number of hydrogen-bond acceptors (Lipinski definition) is 4. The van der Waals surface area contributed by atoms with Crippen molar-refractivity contribution in [2.45, 2.75) is 45.7 Å². The van der Waals surface area contributed by atoms with Crippen LogP contribution in [-0.4, -0.2) is 42.8 Å². The third-order valence-electron chi connectivity index (χ3n) is 5.69. The van der Waals surface area contributed by atoms with Crippen LogP contribution >= 0.6 is 0 Å². The van der Waals surface area contributed by atoms with Gasteiger partial charge in [-0.25, -0.2) is 0 Å². The average Bonchev–Trinajstić information content (AvgIpc) is 2.74. The lowest BCUT2D eigenvalue weighted by molar-refractivity contribution is -0.120. The number of anilines is 2. The molecule has 0 unspecified atom stereocenters. The summed E-state index contributed by atoms with van der Waals surface area (Å²) in [5.74, 6) is -0.0933. The summed E-state index contributed by atoms with van der Waals surface area (Å²) in [6.07, 6.45) is 3.78. The number of benzene rings is 2. The van der Waals surface area contributed by atoms with Gasteiger partial charge in [0, 0.05) is 36.6 Å². The van der Waals surface area contributed by atoms with Crippen molar-refractivity contribution < 1.29 is 9.59 Å². The minimum atomic E-state index is -0.301. The van der Waals surface area contributed by atoms with Gasteiger partial charge in [0.15, 0.2) is 5.78 Å². The molecule has 1 aliphatic rings. The molecule has 1 saturated heterocycles. The van der Waals surface area contributed by atoms with Crippen LogP contribution < -0.4 is 10.2 Å². The maximum absolute atomic E-state index is 12.8. The van der Waals surface area contributed by atoms with E-state index < -0.39 is 0 Å². The fourth-order valence-corrected chi connectivity index (χ4v) is 3.76. The number of likely N-dealkylation sites (N-methyl/N-ethyl adjacent to an activating group) is 1. The van der Waals surface area contributed by atoms with E-state index in [4.69, 9.17) is 0 Å². The quantitative estimate of drug-likeness (QED) is 0.711. The highest BCUT2D eigenvalue weighted by molar-refractivity contribution is 5.98. The molecule has 3 rings (SSSR count). The summed E-state index contributed by atoms with van der Waals surface area (Å²) in [6, 6.07) is 15.3. The minimum Gasteiger partial charge on any atom is -0.371 e. The second kappa shape index (κ2) is 9.70. The number of hydrogen-bond donors (Lipinski definition) is 1. The van der Waals surface area contributed by atoms with Gasteiger partial charge in [0.2, 0.25) is 5.91 Å². The topological polar surface area (TPSA) is 52.7 Å². The van der Waals surface area contributed by atoms with Crippen molar-refractivity contribution in [1.29, 1.82) is 0 Å². The molecule has 1 atom stereocenters. The van der Waals surface area contributed by atoms with Crippen LogP contribution in [0.1, 0.15) is 49.0 Å². The molecule has 5 nitrogen and oxygen atoms in total. The maximum Gasteiger partial charge on any atom is 0.241 e. The Morgan fingerprint density at radius 2 is 1.79 bits per heavy atom. The highest BCUT2D eigenvalue weighted by Gasteiger charge is 2.21. The van der Waals surface area contributed by atoms with Crippen LogP contribution in [0.4, 0.5) is 11.4 Å². The predicted octanol–water partition coefficient (Wildman–Crippen LogP) is 4.34. The molecule has 0 bridgehead atoms. The molecule has 1 aliphatic heterocycles. The van der Waals surface area contributed by atoms with Gasteiger partial charge in [0.25, 0.3) is 0 Å². The van der Waals surface area contributed by atoms with Crippen molar-refractivity contribution in [2.24, 2.45) is 0 Å². The molecular weight excluding hydrogens is 362 g/mol. The molecule has 0 radical (unpaired) electrons. The van der Waals surface area contributed by atoms with E-state index in [0.717, 1.165) is 13.1 Å². The SMILES string of the molecule is CC(=O)c1cccc(NC(=O)[C@@H](C)N(C)Cc2ccccc2N2CCCCC2)c1. The van der Waals surface area contributed by atoms with Crippen molar-refractivity contribution in [3.63, 3.8) is 0 Å². The molecule has 0 saturated carbocycles. The zero-order valence-electron chi connectivity index (χ0n) is 17.6. The van der Waals surface area contributed by atoms with Gasteiger partial charge in [0.1, 0.15) is 0 Å². The normalized spacial score (nSPS) is 15.2. The summed E-state index contributed by atoms with van der Waals surface area (Å²) in [4.78, 5) is 28.9. The van der Waals surface area contributed by atoms with E-state index in [1.165, 1.54) is 37.4 Å². The van der Waals surface area contributed by atoms with Crippen LogP contribution in [0.2, 0.25) is 0 Å². The number of Topliss-reactive ketones (excluding diaryl/α,β-unsaturated/α-hetero) is 1. The van der Waals surface area contributed by atoms with Gasteiger partial charge < -0.3 is 10.2 Å². The molecule has 2 aromatic rings. The van der Waals surface area contributed by atoms with Crippen molar-refractivity contribution in [2.75, 3.05) is 30.4 Å². The van der Waals surface area contributed by atoms with E-state index in [1.54, 1.807) is 18.2 Å². The summed E-state index contributed by atoms with van der Waals surface area (Å²) in [6.45, 7) is 6.34. The Hall–Kier alpha value is -2.66. The second-order valence-corrected chi connectivity index (χ2v) is 7.89. The van der Waals surface area contributed by atoms with Gasteiger partial charge in [-0.3, -0.25) is 14.5 Å². The molecule has 1 heterocycles. The summed E-state index contributed by atoms with van der Waals surface area (Å²) < 4.78 is 0. The van der Waals surface area contributed by atoms with Crippen LogP contribution in [0, 0.1) is 0 Å². The first-order valence-corrected chi connectivity index (χ1v) is 10.4. The highest BCUT2D eigenvalue weighted by Crippen LogP contribution is 2.25. The van der Waals surface area contributed by atoms with Crippen LogP contribution in [0.5, 0.6) is 0 Å². The van der Waals surface area contributed by atoms with Crippen LogP contribution in [0.25, 0.3) is 0 Å². The van der Waals surface area contributed by atoms with Crippen LogP contribution in [-0.2, 0) is 11.3 Å². The largest absolute Gasteiger partial charge is 0.371 e. The summed E-state index contributed by atoms with van der Waals surface area (Å²) in [5.41, 5.74) is 3.77. The van der Waals surface area contributed by atoms with Gasteiger partial charge in [-0.2, -0.15) is 0 Å². The Labute approximate surface area is 173 Å². The lowest BCUT2D eigenvalue weighted by Gasteiger charge is -2.32. The number of nitrogens with zero attached hydrogens (tertiary/aromatic N) is 2. The maximum atomic E-state index is 12.8. The molecule has 154 valence electrons. The third kappa shape index (κ3) is 5.45. The number of carbonyl (C=O) groups is 2. The fraction of sp³-hybridized carbons (Fsp3) is 0.417. The predicted molar refractivity (Wildman–Crippen MR) is 119 cm³/mol. The molecule has 1 N–H and O–H groups in total. The van der Waals surface area contributed by atoms with Crippen molar-refractivity contribution >= 4 is 23.1 Å². The number of nitrogens with one attached hydrogen (secondary N) is 1. The van der Waals surface area contributed by atoms with Crippen molar-refractivity contribution in [1.82, 2.24) is 4.90 Å². The zero-order valence-corrected chi connectivity index (χ0v) is 17.6. The molecule has 2 aromatic carbocycles. The van der Waals surface area contributed by atoms with Crippen molar-refractivity contribution in [3.05, 3.63) is 59.7 Å². The Balaban J connectivity index is 1.66. The summed E-state index contributed by atoms with van der Waals surface area (Å²) in [7, 11) is 1.98. The first-order valence-electron chi connectivity index (χ1n) is 10.4. The summed E-state index contributed by atoms with van der Waals surface area (Å²) >= 11 is 0. The minimum absolute atomic E-state index is 0.0133. The molecule has 0 aromatic heterocycles. The standard InChI is InChI=1S/C24H31N3O2/c1-18(24(29)25-22-12-9-11-20(16-22)19(2)28)26(3)17-21-10-5-6-13-23(21)27-14-7-4-8-15-27/h5-6,9-13,16,18H,4,7-8,14-15,17H2,1-3H3,(H,25,29)/t18-/m1/s1. The smallest absolute Gasteiger partial charge is 0.241 e. The third-order valence-corrected chi connectivity index (χ3v) is 5.69. The molecule has 1 amide bonds. The lowest BCUT2D eigenvalue weighted by atomic mass is 10.1. The van der Waals surface area contributed by atoms with E-state index in [-0.39, 0.29) is 17.7 Å². The molecular formula is C24H31N3O2. The highest BCUT2D eigenvalue weighted by atomic mass is 16.2. The number of rotatable bonds is 7. The monoisotopic (exact) mass is 393 g/mol. The number of carbonyl (C=O) groups excluding carboxylic acids is 2. The molecule has 1 fully saturated rings. The van der Waals surface area contributed by atoms with E-state index in [1.807, 2.05) is 20.0 Å². The number of para-hydroxylation sites is 1. The first-order chi connectivity index (χ1) is 14.0. The molecule has 0 spiro atoms. The van der Waals surface area contributed by atoms with Crippen LogP contribution in [0.3, 0.4) is 0 Å². The number of ketones is 1. The molecule has 29 heavy (non-hydrogen) atoms. The Kier molecular flexibility index (Phi) is 7.04. The van der Waals surface area contributed by atoms with E-state index >= 15 is 0 Å². The zero-order chi connectivity index (χ0) is 20.8. The first kappa shape index (κ1) is 21.1. The molecule has 5 heteroatoms.